The van der Waals surface area contributed by atoms with Gasteiger partial charge < -0.3 is 64.2 Å². The van der Waals surface area contributed by atoms with Gasteiger partial charge in [-0.05, 0) is 86.9 Å². The van der Waals surface area contributed by atoms with Gasteiger partial charge in [-0.3, -0.25) is 14.4 Å². The Balaban J connectivity index is 1.73. The van der Waals surface area contributed by atoms with Crippen LogP contribution in [-0.4, -0.2) is 160 Å². The number of esters is 1. The number of aliphatic hydroxyl groups excluding tert-OH is 3. The molecule has 16 heteroatoms. The van der Waals surface area contributed by atoms with Gasteiger partial charge in [-0.25, -0.2) is 0 Å². The smallest absolute Gasteiger partial charge is 0.311 e. The largest absolute Gasteiger partial charge is 0.459 e. The first kappa shape index (κ1) is 53.0. The molecule has 1 amide bonds. The monoisotopic (exact) mass is 895 g/mol. The van der Waals surface area contributed by atoms with Gasteiger partial charge in [0.05, 0.1) is 47.6 Å². The first-order valence-corrected chi connectivity index (χ1v) is 22.7. The number of hydrogen-bond donors (Lipinski definition) is 6. The Morgan fingerprint density at radius 1 is 0.905 bits per heavy atom. The van der Waals surface area contributed by atoms with E-state index in [0.29, 0.717) is 19.3 Å². The molecule has 3 aliphatic rings. The fraction of sp³-hybridized carbons (Fsp3) is 0.809. The van der Waals surface area contributed by atoms with E-state index in [-0.39, 0.29) is 50.3 Å². The van der Waals surface area contributed by atoms with Crippen LogP contribution in [0.1, 0.15) is 106 Å². The molecule has 360 valence electrons. The summed E-state index contributed by atoms with van der Waals surface area (Å²) >= 11 is 0. The number of cyclic esters (lactones) is 1. The minimum Gasteiger partial charge on any atom is -0.459 e. The molecular formula is C47H78N2O14. The Bertz CT molecular complexity index is 1630. The average molecular weight is 895 g/mol. The lowest BCUT2D eigenvalue weighted by Gasteiger charge is -2.49. The highest BCUT2D eigenvalue weighted by Gasteiger charge is 2.53. The van der Waals surface area contributed by atoms with Crippen molar-refractivity contribution in [3.63, 3.8) is 0 Å². The van der Waals surface area contributed by atoms with Gasteiger partial charge in [-0.2, -0.15) is 0 Å². The number of ether oxygens (including phenoxy) is 6. The third kappa shape index (κ3) is 13.1. The molecule has 63 heavy (non-hydrogen) atoms. The molecule has 0 saturated carbocycles. The maximum Gasteiger partial charge on any atom is 0.311 e. The minimum atomic E-state index is -2.19. The van der Waals surface area contributed by atoms with Crippen LogP contribution in [-0.2, 0) is 49.2 Å². The second-order valence-corrected chi connectivity index (χ2v) is 19.5. The van der Waals surface area contributed by atoms with Crippen LogP contribution in [0.3, 0.4) is 0 Å². The lowest BCUT2D eigenvalue weighted by Crippen LogP contribution is -2.61. The lowest BCUT2D eigenvalue weighted by atomic mass is 9.74. The second-order valence-electron chi connectivity index (χ2n) is 19.5. The van der Waals surface area contributed by atoms with E-state index < -0.39 is 108 Å². The van der Waals surface area contributed by atoms with Crippen molar-refractivity contribution in [3.8, 4) is 0 Å². The van der Waals surface area contributed by atoms with Gasteiger partial charge in [0.2, 0.25) is 5.91 Å². The van der Waals surface area contributed by atoms with E-state index in [2.05, 4.69) is 5.32 Å². The van der Waals surface area contributed by atoms with Crippen molar-refractivity contribution in [2.24, 2.45) is 23.7 Å². The number of ketones is 1. The van der Waals surface area contributed by atoms with Crippen molar-refractivity contribution in [1.29, 1.82) is 0 Å². The van der Waals surface area contributed by atoms with E-state index in [1.807, 2.05) is 56.3 Å². The van der Waals surface area contributed by atoms with Gasteiger partial charge in [0.25, 0.3) is 0 Å². The Morgan fingerprint density at radius 2 is 1.56 bits per heavy atom. The number of methoxy groups -OCH3 is 1. The predicted molar refractivity (Wildman–Crippen MR) is 233 cm³/mol. The van der Waals surface area contributed by atoms with Crippen LogP contribution in [0, 0.1) is 23.7 Å². The zero-order valence-corrected chi connectivity index (χ0v) is 39.6. The molecule has 3 saturated heterocycles. The van der Waals surface area contributed by atoms with Crippen molar-refractivity contribution in [1.82, 2.24) is 10.2 Å². The summed E-state index contributed by atoms with van der Waals surface area (Å²) in [4.78, 5) is 43.6. The van der Waals surface area contributed by atoms with Gasteiger partial charge in [0.15, 0.2) is 12.6 Å². The highest BCUT2D eigenvalue weighted by atomic mass is 16.7. The molecule has 3 heterocycles. The summed E-state index contributed by atoms with van der Waals surface area (Å²) < 4.78 is 37.6. The fourth-order valence-corrected chi connectivity index (χ4v) is 9.79. The summed E-state index contributed by atoms with van der Waals surface area (Å²) in [5, 5.41) is 61.9. The first-order valence-electron chi connectivity index (χ1n) is 22.7. The molecular weight excluding hydrogens is 817 g/mol. The Morgan fingerprint density at radius 3 is 2.17 bits per heavy atom. The van der Waals surface area contributed by atoms with Crippen LogP contribution in [0.25, 0.3) is 0 Å². The second kappa shape index (κ2) is 22.3. The number of nitrogens with zero attached hydrogens (tertiary/aromatic N) is 1. The molecule has 0 bridgehead atoms. The van der Waals surface area contributed by atoms with Crippen LogP contribution in [0.2, 0.25) is 0 Å². The van der Waals surface area contributed by atoms with Crippen LogP contribution in [0.15, 0.2) is 30.3 Å². The van der Waals surface area contributed by atoms with Gasteiger partial charge in [0, 0.05) is 56.7 Å². The number of amides is 1. The van der Waals surface area contributed by atoms with Crippen molar-refractivity contribution in [3.05, 3.63) is 35.9 Å². The standard InChI is InChI=1S/C47H78N2O14/c1-26-24-45(7,56)42(63-44-38(52)33(49(10)11)23-27(2)59-44)29(4)39(62-36-25-46(8,58-12)41(54)31(6)60-36)30(5)43(55)61-34(47(9,57)40(53)28(3)37(26)51)21-22-48-35(50)20-16-19-32-17-14-13-15-18-32/h13-15,17-18,26-31,33-34,36,38-42,44,52-54,56-57H,16,19-25H2,1-12H3,(H,48,50)/t26-,27?,28+,29+,30-,31?,33?,34-,36?,38?,39+,40-,41?,42-,44?,45-,46?,47-/m1/s1. The molecule has 0 radical (unpaired) electrons. The van der Waals surface area contributed by atoms with Crippen LogP contribution < -0.4 is 5.32 Å². The van der Waals surface area contributed by atoms with Crippen molar-refractivity contribution in [2.75, 3.05) is 27.7 Å². The zero-order chi connectivity index (χ0) is 47.2. The molecule has 4 rings (SSSR count). The predicted octanol–water partition coefficient (Wildman–Crippen LogP) is 2.90. The van der Waals surface area contributed by atoms with Gasteiger partial charge in [-0.1, -0.05) is 51.1 Å². The summed E-state index contributed by atoms with van der Waals surface area (Å²) in [6, 6.07) is 9.43. The third-order valence-corrected chi connectivity index (χ3v) is 13.9. The molecule has 6 N–H and O–H groups in total. The van der Waals surface area contributed by atoms with Crippen molar-refractivity contribution in [2.45, 2.75) is 192 Å². The van der Waals surface area contributed by atoms with Gasteiger partial charge >= 0.3 is 5.97 Å². The number of hydrogen-bond acceptors (Lipinski definition) is 15. The van der Waals surface area contributed by atoms with Crippen molar-refractivity contribution < 1.29 is 68.3 Å². The Hall–Kier alpha value is -2.61. The number of nitrogens with one attached hydrogen (secondary N) is 1. The highest BCUT2D eigenvalue weighted by molar-refractivity contribution is 5.83. The number of benzene rings is 1. The topological polar surface area (TPSA) is 223 Å². The summed E-state index contributed by atoms with van der Waals surface area (Å²) in [5.41, 5.74) is -4.04. The lowest BCUT2D eigenvalue weighted by molar-refractivity contribution is -0.318. The molecule has 3 aliphatic heterocycles. The molecule has 0 spiro atoms. The summed E-state index contributed by atoms with van der Waals surface area (Å²) in [6.07, 6.45) is -9.33. The molecule has 1 aromatic rings. The highest BCUT2D eigenvalue weighted by Crippen LogP contribution is 2.41. The molecule has 16 nitrogen and oxygen atoms in total. The van der Waals surface area contributed by atoms with E-state index in [1.54, 1.807) is 34.6 Å². The number of aliphatic hydroxyl groups is 5. The van der Waals surface area contributed by atoms with Gasteiger partial charge in [-0.15, -0.1) is 0 Å². The van der Waals surface area contributed by atoms with E-state index in [0.717, 1.165) is 5.56 Å². The summed E-state index contributed by atoms with van der Waals surface area (Å²) in [6.45, 7) is 14.4. The molecule has 0 aliphatic carbocycles. The normalized spacial score (nSPS) is 42.3. The van der Waals surface area contributed by atoms with Crippen molar-refractivity contribution >= 4 is 17.7 Å². The number of carbonyl (C=O) groups is 3. The number of likely N-dealkylation sites (N-methyl/N-ethyl adjacent to an activating group) is 1. The average Bonchev–Trinajstić information content (AvgIpc) is 3.22. The van der Waals surface area contributed by atoms with E-state index >= 15 is 0 Å². The van der Waals surface area contributed by atoms with Crippen LogP contribution in [0.4, 0.5) is 0 Å². The quantitative estimate of drug-likeness (QED) is 0.157. The number of rotatable bonds is 13. The summed E-state index contributed by atoms with van der Waals surface area (Å²) in [5.74, 6) is -5.74. The summed E-state index contributed by atoms with van der Waals surface area (Å²) in [7, 11) is 5.15. The van der Waals surface area contributed by atoms with E-state index in [1.165, 1.54) is 27.9 Å². The molecule has 1 aromatic carbocycles. The Labute approximate surface area is 374 Å². The van der Waals surface area contributed by atoms with Crippen LogP contribution >= 0.6 is 0 Å². The molecule has 3 fully saturated rings. The minimum absolute atomic E-state index is 0.0188. The first-order chi connectivity index (χ1) is 29.3. The SMILES string of the molecule is COC1(C)CC(O[C@H]2[C@H](C)[C@@H](OC3OC(C)CC(N(C)C)C3O)[C@](C)(O)C[C@@H](C)C(=O)[C@H](C)[C@@H](O)[C@](C)(O)[C@@H](CCNC(=O)CCCc3ccccc3)OC(=O)[C@@H]2C)OC(C)C1O. The van der Waals surface area contributed by atoms with Crippen LogP contribution in [0.5, 0.6) is 0 Å². The molecule has 8 unspecified atom stereocenters. The fourth-order valence-electron chi connectivity index (χ4n) is 9.79. The maximum absolute atomic E-state index is 14.6. The van der Waals surface area contributed by atoms with E-state index in [4.69, 9.17) is 28.4 Å². The number of carbonyl (C=O) groups excluding carboxylic acids is 3. The number of aryl methyl sites for hydroxylation is 1. The molecule has 0 aromatic heterocycles. The Kier molecular flexibility index (Phi) is 18.7. The number of Topliss-reactive ketones (excluding diaryl/α,β-unsaturated/α-hetero) is 1. The third-order valence-electron chi connectivity index (χ3n) is 13.9. The zero-order valence-electron chi connectivity index (χ0n) is 39.6. The maximum atomic E-state index is 14.6. The van der Waals surface area contributed by atoms with Gasteiger partial charge in [0.1, 0.15) is 29.7 Å². The van der Waals surface area contributed by atoms with E-state index in [9.17, 15) is 39.9 Å². The molecule has 18 atom stereocenters.